The third-order valence-electron chi connectivity index (χ3n) is 4.16. The number of carbonyl (C=O) groups excluding carboxylic acids is 2. The summed E-state index contributed by atoms with van der Waals surface area (Å²) in [5, 5.41) is 8.56. The Morgan fingerprint density at radius 2 is 1.79 bits per heavy atom. The van der Waals surface area contributed by atoms with Gasteiger partial charge in [-0.15, -0.1) is 0 Å². The fourth-order valence-corrected chi connectivity index (χ4v) is 2.09. The quantitative estimate of drug-likeness (QED) is 0.421. The van der Waals surface area contributed by atoms with E-state index in [9.17, 15) is 9.59 Å². The highest BCUT2D eigenvalue weighted by Gasteiger charge is 2.14. The molecule has 6 nitrogen and oxygen atoms in total. The van der Waals surface area contributed by atoms with Crippen LogP contribution in [-0.2, 0) is 14.3 Å². The fourth-order valence-electron chi connectivity index (χ4n) is 2.09. The monoisotopic (exact) mass is 343 g/mol. The Labute approximate surface area is 147 Å². The largest absolute Gasteiger partial charge is 0.369 e. The van der Waals surface area contributed by atoms with Crippen molar-refractivity contribution in [1.29, 1.82) is 0 Å². The van der Waals surface area contributed by atoms with Crippen LogP contribution in [0.15, 0.2) is 0 Å². The van der Waals surface area contributed by atoms with Gasteiger partial charge in [-0.25, -0.2) is 0 Å². The van der Waals surface area contributed by atoms with Crippen LogP contribution in [0.1, 0.15) is 66.2 Å². The number of rotatable bonds is 14. The molecule has 6 heteroatoms. The Bertz CT molecular complexity index is 359. The maximum absolute atomic E-state index is 11.7. The molecule has 0 aromatic carbocycles. The van der Waals surface area contributed by atoms with E-state index in [1.165, 1.54) is 19.3 Å². The van der Waals surface area contributed by atoms with Gasteiger partial charge in [0.1, 0.15) is 6.61 Å². The molecule has 0 spiro atoms. The van der Waals surface area contributed by atoms with E-state index in [-0.39, 0.29) is 36.6 Å². The maximum Gasteiger partial charge on any atom is 0.246 e. The van der Waals surface area contributed by atoms with Gasteiger partial charge in [0.05, 0.1) is 12.6 Å². The summed E-state index contributed by atoms with van der Waals surface area (Å²) in [4.78, 5) is 23.4. The summed E-state index contributed by atoms with van der Waals surface area (Å²) in [5.41, 5.74) is -0.0162. The first kappa shape index (κ1) is 22.9. The molecule has 0 fully saturated rings. The third kappa shape index (κ3) is 13.3. The molecule has 0 aliphatic carbocycles. The van der Waals surface area contributed by atoms with Gasteiger partial charge in [-0.1, -0.05) is 32.6 Å². The molecule has 1 atom stereocenters. The van der Waals surface area contributed by atoms with Gasteiger partial charge in [0.15, 0.2) is 0 Å². The number of unbranched alkanes of at least 4 members (excludes halogenated alkanes) is 3. The van der Waals surface area contributed by atoms with Gasteiger partial charge in [0.25, 0.3) is 0 Å². The third-order valence-corrected chi connectivity index (χ3v) is 4.16. The lowest BCUT2D eigenvalue weighted by Crippen LogP contribution is -2.43. The molecule has 2 amide bonds. The average molecular weight is 344 g/mol. The zero-order valence-corrected chi connectivity index (χ0v) is 16.2. The summed E-state index contributed by atoms with van der Waals surface area (Å²) in [5.74, 6) is -0.427. The normalized spacial score (nSPS) is 12.7. The highest BCUT2D eigenvalue weighted by Crippen LogP contribution is 2.07. The molecule has 24 heavy (non-hydrogen) atoms. The zero-order chi connectivity index (χ0) is 18.4. The Balaban J connectivity index is 3.68. The molecule has 0 heterocycles. The Morgan fingerprint density at radius 1 is 1.08 bits per heavy atom. The molecule has 0 radical (unpaired) electrons. The molecule has 0 aromatic heterocycles. The Morgan fingerprint density at radius 3 is 2.42 bits per heavy atom. The van der Waals surface area contributed by atoms with E-state index in [2.05, 4.69) is 36.7 Å². The van der Waals surface area contributed by atoms with Gasteiger partial charge < -0.3 is 20.7 Å². The standard InChI is InChI=1S/C18H37N3O3/c1-6-7-8-9-10-15(2)24-14-17(23)21-13-16(22)20-12-11-18(3,4)19-5/h15,19H,6-14H2,1-5H3,(H,20,22)(H,21,23). The van der Waals surface area contributed by atoms with Crippen molar-refractivity contribution >= 4 is 11.8 Å². The van der Waals surface area contributed by atoms with Crippen LogP contribution in [-0.4, -0.2) is 50.2 Å². The predicted octanol–water partition coefficient (Wildman–Crippen LogP) is 1.98. The first-order valence-electron chi connectivity index (χ1n) is 9.14. The van der Waals surface area contributed by atoms with Gasteiger partial charge in [-0.2, -0.15) is 0 Å². The molecular formula is C18H37N3O3. The van der Waals surface area contributed by atoms with Gasteiger partial charge in [-0.05, 0) is 40.7 Å². The van der Waals surface area contributed by atoms with Crippen molar-refractivity contribution in [1.82, 2.24) is 16.0 Å². The van der Waals surface area contributed by atoms with Crippen molar-refractivity contribution in [2.75, 3.05) is 26.7 Å². The molecule has 142 valence electrons. The second-order valence-electron chi connectivity index (χ2n) is 6.98. The minimum Gasteiger partial charge on any atom is -0.369 e. The number of ether oxygens (including phenoxy) is 1. The van der Waals surface area contributed by atoms with E-state index in [1.807, 2.05) is 14.0 Å². The maximum atomic E-state index is 11.7. The minimum absolute atomic E-state index is 0.00689. The van der Waals surface area contributed by atoms with Crippen LogP contribution in [0.2, 0.25) is 0 Å². The lowest BCUT2D eigenvalue weighted by molar-refractivity contribution is -0.130. The second-order valence-corrected chi connectivity index (χ2v) is 6.98. The molecule has 0 aliphatic heterocycles. The van der Waals surface area contributed by atoms with Crippen LogP contribution >= 0.6 is 0 Å². The Kier molecular flexibility index (Phi) is 12.6. The van der Waals surface area contributed by atoms with Gasteiger partial charge in [0.2, 0.25) is 11.8 Å². The molecule has 0 saturated heterocycles. The average Bonchev–Trinajstić information content (AvgIpc) is 2.54. The summed E-state index contributed by atoms with van der Waals surface area (Å²) >= 11 is 0. The first-order chi connectivity index (χ1) is 11.3. The summed E-state index contributed by atoms with van der Waals surface area (Å²) in [6.07, 6.45) is 6.66. The van der Waals surface area contributed by atoms with E-state index >= 15 is 0 Å². The van der Waals surface area contributed by atoms with Crippen molar-refractivity contribution in [2.45, 2.75) is 77.9 Å². The highest BCUT2D eigenvalue weighted by atomic mass is 16.5. The van der Waals surface area contributed by atoms with Crippen molar-refractivity contribution in [3.8, 4) is 0 Å². The van der Waals surface area contributed by atoms with Crippen LogP contribution in [0.25, 0.3) is 0 Å². The number of hydrogen-bond acceptors (Lipinski definition) is 4. The summed E-state index contributed by atoms with van der Waals surface area (Å²) in [6.45, 7) is 8.89. The molecule has 3 N–H and O–H groups in total. The number of amides is 2. The van der Waals surface area contributed by atoms with Crippen LogP contribution in [0.4, 0.5) is 0 Å². The summed E-state index contributed by atoms with van der Waals surface area (Å²) < 4.78 is 5.50. The van der Waals surface area contributed by atoms with Crippen LogP contribution in [0.3, 0.4) is 0 Å². The summed E-state index contributed by atoms with van der Waals surface area (Å²) in [6, 6.07) is 0. The first-order valence-corrected chi connectivity index (χ1v) is 9.14. The zero-order valence-electron chi connectivity index (χ0n) is 16.2. The molecule has 0 rings (SSSR count). The number of carbonyl (C=O) groups is 2. The van der Waals surface area contributed by atoms with Crippen molar-refractivity contribution < 1.29 is 14.3 Å². The van der Waals surface area contributed by atoms with E-state index in [4.69, 9.17) is 4.74 Å². The van der Waals surface area contributed by atoms with Gasteiger partial charge in [-0.3, -0.25) is 9.59 Å². The smallest absolute Gasteiger partial charge is 0.246 e. The van der Waals surface area contributed by atoms with E-state index in [1.54, 1.807) is 0 Å². The van der Waals surface area contributed by atoms with Crippen LogP contribution in [0, 0.1) is 0 Å². The number of hydrogen-bond donors (Lipinski definition) is 3. The van der Waals surface area contributed by atoms with Crippen LogP contribution in [0.5, 0.6) is 0 Å². The predicted molar refractivity (Wildman–Crippen MR) is 97.9 cm³/mol. The lowest BCUT2D eigenvalue weighted by Gasteiger charge is -2.23. The SMILES string of the molecule is CCCCCCC(C)OCC(=O)NCC(=O)NCCC(C)(C)NC. The fraction of sp³-hybridized carbons (Fsp3) is 0.889. The van der Waals surface area contributed by atoms with Gasteiger partial charge >= 0.3 is 0 Å². The molecule has 0 saturated carbocycles. The van der Waals surface area contributed by atoms with E-state index < -0.39 is 0 Å². The topological polar surface area (TPSA) is 79.5 Å². The van der Waals surface area contributed by atoms with E-state index in [0.717, 1.165) is 19.3 Å². The second kappa shape index (κ2) is 13.2. The molecule has 1 unspecified atom stereocenters. The molecule has 0 aliphatic rings. The molecular weight excluding hydrogens is 306 g/mol. The van der Waals surface area contributed by atoms with Crippen molar-refractivity contribution in [2.24, 2.45) is 0 Å². The van der Waals surface area contributed by atoms with Gasteiger partial charge in [0, 0.05) is 12.1 Å². The number of nitrogens with one attached hydrogen (secondary N) is 3. The lowest BCUT2D eigenvalue weighted by atomic mass is 10.0. The van der Waals surface area contributed by atoms with Crippen molar-refractivity contribution in [3.05, 3.63) is 0 Å². The minimum atomic E-state index is -0.249. The van der Waals surface area contributed by atoms with Crippen LogP contribution < -0.4 is 16.0 Å². The molecule has 0 bridgehead atoms. The summed E-state index contributed by atoms with van der Waals surface area (Å²) in [7, 11) is 1.90. The van der Waals surface area contributed by atoms with E-state index in [0.29, 0.717) is 6.54 Å². The molecule has 0 aromatic rings. The highest BCUT2D eigenvalue weighted by molar-refractivity contribution is 5.85. The Hall–Kier alpha value is -1.14. The van der Waals surface area contributed by atoms with Crippen molar-refractivity contribution in [3.63, 3.8) is 0 Å².